The summed E-state index contributed by atoms with van der Waals surface area (Å²) in [6, 6.07) is 7.25. The van der Waals surface area contributed by atoms with Crippen molar-refractivity contribution in [2.45, 2.75) is 26.3 Å². The summed E-state index contributed by atoms with van der Waals surface area (Å²) in [4.78, 5) is 31.0. The summed E-state index contributed by atoms with van der Waals surface area (Å²) in [6.45, 7) is 2.91. The minimum atomic E-state index is -0.177. The molecule has 9 nitrogen and oxygen atoms in total. The molecule has 1 aliphatic heterocycles. The Bertz CT molecular complexity index is 1030. The van der Waals surface area contributed by atoms with Crippen molar-refractivity contribution in [3.63, 3.8) is 0 Å². The quantitative estimate of drug-likeness (QED) is 0.702. The Balaban J connectivity index is 1.34. The van der Waals surface area contributed by atoms with E-state index >= 15 is 0 Å². The molecule has 0 atom stereocenters. The topological polar surface area (TPSA) is 111 Å². The highest BCUT2D eigenvalue weighted by atomic mass is 16.5. The standard InChI is InChI=1S/C20H22N4O5/c1-12-22-17(29-23-12)11-21-19(25)13-6-8-24(9-7-13)20(26)16-10-14-4-3-5-15(27-2)18(14)28-16/h3-5,10,13H,6-9,11H2,1-2H3,(H,21,25). The predicted octanol–water partition coefficient (Wildman–Crippen LogP) is 2.30. The number of hydrogen-bond acceptors (Lipinski definition) is 7. The number of methoxy groups -OCH3 is 1. The van der Waals surface area contributed by atoms with E-state index in [0.717, 1.165) is 5.39 Å². The van der Waals surface area contributed by atoms with Gasteiger partial charge in [-0.25, -0.2) is 0 Å². The lowest BCUT2D eigenvalue weighted by atomic mass is 9.95. The van der Waals surface area contributed by atoms with E-state index < -0.39 is 0 Å². The zero-order valence-corrected chi connectivity index (χ0v) is 16.3. The summed E-state index contributed by atoms with van der Waals surface area (Å²) in [6.07, 6.45) is 1.17. The first kappa shape index (κ1) is 19.0. The van der Waals surface area contributed by atoms with E-state index in [-0.39, 0.29) is 30.0 Å². The maximum atomic E-state index is 12.8. The molecular formula is C20H22N4O5. The van der Waals surface area contributed by atoms with E-state index in [0.29, 0.717) is 49.0 Å². The minimum absolute atomic E-state index is 0.0681. The van der Waals surface area contributed by atoms with Crippen molar-refractivity contribution in [1.82, 2.24) is 20.4 Å². The lowest BCUT2D eigenvalue weighted by Gasteiger charge is -2.30. The van der Waals surface area contributed by atoms with Crippen molar-refractivity contribution < 1.29 is 23.3 Å². The molecule has 1 saturated heterocycles. The minimum Gasteiger partial charge on any atom is -0.493 e. The predicted molar refractivity (Wildman–Crippen MR) is 102 cm³/mol. The highest BCUT2D eigenvalue weighted by Crippen LogP contribution is 2.29. The number of carbonyl (C=O) groups excluding carboxylic acids is 2. The molecule has 3 aromatic rings. The van der Waals surface area contributed by atoms with Crippen molar-refractivity contribution >= 4 is 22.8 Å². The van der Waals surface area contributed by atoms with Crippen molar-refractivity contribution in [2.75, 3.05) is 20.2 Å². The monoisotopic (exact) mass is 398 g/mol. The van der Waals surface area contributed by atoms with Crippen molar-refractivity contribution in [3.05, 3.63) is 41.7 Å². The van der Waals surface area contributed by atoms with Crippen LogP contribution >= 0.6 is 0 Å². The van der Waals surface area contributed by atoms with Crippen molar-refractivity contribution in [2.24, 2.45) is 5.92 Å². The Morgan fingerprint density at radius 2 is 2.10 bits per heavy atom. The van der Waals surface area contributed by atoms with Crippen LogP contribution in [0.3, 0.4) is 0 Å². The molecule has 152 valence electrons. The average molecular weight is 398 g/mol. The summed E-state index contributed by atoms with van der Waals surface area (Å²) in [7, 11) is 1.56. The van der Waals surface area contributed by atoms with Crippen LogP contribution in [0.1, 0.15) is 35.1 Å². The van der Waals surface area contributed by atoms with Gasteiger partial charge in [-0.2, -0.15) is 4.98 Å². The van der Waals surface area contributed by atoms with Crippen LogP contribution in [0.2, 0.25) is 0 Å². The SMILES string of the molecule is COc1cccc2cc(C(=O)N3CCC(C(=O)NCc4nc(C)no4)CC3)oc12. The number of aromatic nitrogens is 2. The number of nitrogens with zero attached hydrogens (tertiary/aromatic N) is 3. The number of furan rings is 1. The van der Waals surface area contributed by atoms with Gasteiger partial charge in [0.2, 0.25) is 11.8 Å². The summed E-state index contributed by atoms with van der Waals surface area (Å²) < 4.78 is 16.0. The molecule has 0 unspecified atom stereocenters. The molecular weight excluding hydrogens is 376 g/mol. The zero-order chi connectivity index (χ0) is 20.4. The second-order valence-electron chi connectivity index (χ2n) is 7.01. The number of amides is 2. The maximum Gasteiger partial charge on any atom is 0.289 e. The van der Waals surface area contributed by atoms with Crippen LogP contribution in [-0.2, 0) is 11.3 Å². The van der Waals surface area contributed by atoms with Crippen LogP contribution in [0, 0.1) is 12.8 Å². The number of piperidine rings is 1. The fourth-order valence-corrected chi connectivity index (χ4v) is 3.52. The fraction of sp³-hybridized carbons (Fsp3) is 0.400. The number of ether oxygens (including phenoxy) is 1. The number of nitrogens with one attached hydrogen (secondary N) is 1. The number of likely N-dealkylation sites (tertiary alicyclic amines) is 1. The van der Waals surface area contributed by atoms with Gasteiger partial charge in [0, 0.05) is 24.4 Å². The first-order valence-corrected chi connectivity index (χ1v) is 9.48. The Morgan fingerprint density at radius 1 is 1.31 bits per heavy atom. The smallest absolute Gasteiger partial charge is 0.289 e. The molecule has 1 aliphatic rings. The normalized spacial score (nSPS) is 14.9. The summed E-state index contributed by atoms with van der Waals surface area (Å²) in [5.74, 6) is 1.38. The molecule has 0 aliphatic carbocycles. The average Bonchev–Trinajstić information content (AvgIpc) is 3.37. The Kier molecular flexibility index (Phi) is 5.20. The lowest BCUT2D eigenvalue weighted by molar-refractivity contribution is -0.126. The number of fused-ring (bicyclic) bond motifs is 1. The number of aryl methyl sites for hydroxylation is 1. The first-order valence-electron chi connectivity index (χ1n) is 9.48. The third-order valence-corrected chi connectivity index (χ3v) is 5.08. The van der Waals surface area contributed by atoms with Crippen LogP contribution in [0.4, 0.5) is 0 Å². The third-order valence-electron chi connectivity index (χ3n) is 5.08. The molecule has 1 N–H and O–H groups in total. The van der Waals surface area contributed by atoms with Gasteiger partial charge in [-0.15, -0.1) is 0 Å². The van der Waals surface area contributed by atoms with E-state index in [4.69, 9.17) is 13.7 Å². The molecule has 9 heteroatoms. The van der Waals surface area contributed by atoms with E-state index in [2.05, 4.69) is 15.5 Å². The summed E-state index contributed by atoms with van der Waals surface area (Å²) in [5, 5.41) is 7.33. The van der Waals surface area contributed by atoms with Gasteiger partial charge in [-0.1, -0.05) is 17.3 Å². The molecule has 2 aromatic heterocycles. The second kappa shape index (κ2) is 7.94. The van der Waals surface area contributed by atoms with Crippen LogP contribution in [0.25, 0.3) is 11.0 Å². The van der Waals surface area contributed by atoms with Gasteiger partial charge in [0.25, 0.3) is 5.91 Å². The van der Waals surface area contributed by atoms with Gasteiger partial charge in [0.1, 0.15) is 0 Å². The van der Waals surface area contributed by atoms with E-state index in [1.54, 1.807) is 31.1 Å². The zero-order valence-electron chi connectivity index (χ0n) is 16.3. The summed E-state index contributed by atoms with van der Waals surface area (Å²) >= 11 is 0. The van der Waals surface area contributed by atoms with Crippen LogP contribution < -0.4 is 10.1 Å². The lowest BCUT2D eigenvalue weighted by Crippen LogP contribution is -2.42. The van der Waals surface area contributed by atoms with Crippen molar-refractivity contribution in [1.29, 1.82) is 0 Å². The molecule has 0 bridgehead atoms. The molecule has 29 heavy (non-hydrogen) atoms. The number of rotatable bonds is 5. The molecule has 1 fully saturated rings. The van der Waals surface area contributed by atoms with E-state index in [1.165, 1.54) is 0 Å². The second-order valence-corrected chi connectivity index (χ2v) is 7.01. The number of para-hydroxylation sites is 1. The van der Waals surface area contributed by atoms with Gasteiger partial charge in [0.05, 0.1) is 13.7 Å². The fourth-order valence-electron chi connectivity index (χ4n) is 3.52. The molecule has 0 saturated carbocycles. The molecule has 2 amide bonds. The number of carbonyl (C=O) groups is 2. The van der Waals surface area contributed by atoms with Gasteiger partial charge >= 0.3 is 0 Å². The van der Waals surface area contributed by atoms with Gasteiger partial charge < -0.3 is 23.9 Å². The van der Waals surface area contributed by atoms with Gasteiger partial charge in [-0.3, -0.25) is 9.59 Å². The largest absolute Gasteiger partial charge is 0.493 e. The van der Waals surface area contributed by atoms with Crippen LogP contribution in [0.5, 0.6) is 5.75 Å². The molecule has 0 radical (unpaired) electrons. The molecule has 3 heterocycles. The highest BCUT2D eigenvalue weighted by molar-refractivity contribution is 5.97. The van der Waals surface area contributed by atoms with Gasteiger partial charge in [-0.05, 0) is 31.9 Å². The van der Waals surface area contributed by atoms with Gasteiger partial charge in [0.15, 0.2) is 22.9 Å². The van der Waals surface area contributed by atoms with Crippen molar-refractivity contribution in [3.8, 4) is 5.75 Å². The van der Waals surface area contributed by atoms with Crippen LogP contribution in [0.15, 0.2) is 33.2 Å². The third kappa shape index (κ3) is 3.94. The van der Waals surface area contributed by atoms with Crippen LogP contribution in [-0.4, -0.2) is 47.1 Å². The van der Waals surface area contributed by atoms with E-state index in [9.17, 15) is 9.59 Å². The Morgan fingerprint density at radius 3 is 2.79 bits per heavy atom. The molecule has 4 rings (SSSR count). The summed E-state index contributed by atoms with van der Waals surface area (Å²) in [5.41, 5.74) is 0.559. The first-order chi connectivity index (χ1) is 14.0. The Hall–Kier alpha value is -3.36. The molecule has 1 aromatic carbocycles. The Labute approximate surface area is 167 Å². The number of hydrogen-bond donors (Lipinski definition) is 1. The van der Waals surface area contributed by atoms with E-state index in [1.807, 2.05) is 12.1 Å². The maximum absolute atomic E-state index is 12.8. The number of benzene rings is 1. The highest BCUT2D eigenvalue weighted by Gasteiger charge is 2.29. The molecule has 0 spiro atoms.